The largest absolute Gasteiger partial charge is 0.506 e. The first-order chi connectivity index (χ1) is 8.58. The van der Waals surface area contributed by atoms with Gasteiger partial charge in [0.1, 0.15) is 18.1 Å². The zero-order valence-corrected chi connectivity index (χ0v) is 10.8. The highest BCUT2D eigenvalue weighted by atomic mass is 16.5. The SMILES string of the molecule is C=CCOc1ccc(NC(=O)C(C)CC)c(O)c1. The first kappa shape index (κ1) is 14.1. The minimum atomic E-state index is -0.104. The Kier molecular flexibility index (Phi) is 5.24. The summed E-state index contributed by atoms with van der Waals surface area (Å²) < 4.78 is 5.27. The standard InChI is InChI=1S/C14H19NO3/c1-4-8-18-11-6-7-12(13(16)9-11)15-14(17)10(3)5-2/h4,6-7,9-10,16H,1,5,8H2,2-3H3,(H,15,17). The van der Waals surface area contributed by atoms with Crippen molar-refractivity contribution in [2.45, 2.75) is 20.3 Å². The summed E-state index contributed by atoms with van der Waals surface area (Å²) >= 11 is 0. The number of anilines is 1. The van der Waals surface area contributed by atoms with Crippen LogP contribution in [-0.2, 0) is 4.79 Å². The summed E-state index contributed by atoms with van der Waals surface area (Å²) in [7, 11) is 0. The van der Waals surface area contributed by atoms with Crippen LogP contribution in [0.1, 0.15) is 20.3 Å². The molecule has 0 saturated carbocycles. The fourth-order valence-corrected chi connectivity index (χ4v) is 1.30. The van der Waals surface area contributed by atoms with E-state index in [1.54, 1.807) is 18.2 Å². The van der Waals surface area contributed by atoms with E-state index in [1.165, 1.54) is 6.07 Å². The van der Waals surface area contributed by atoms with Gasteiger partial charge in [-0.25, -0.2) is 0 Å². The zero-order valence-electron chi connectivity index (χ0n) is 10.8. The third-order valence-corrected chi connectivity index (χ3v) is 2.65. The molecule has 98 valence electrons. The zero-order chi connectivity index (χ0) is 13.5. The summed E-state index contributed by atoms with van der Waals surface area (Å²) in [5.74, 6) is 0.343. The number of aromatic hydroxyl groups is 1. The van der Waals surface area contributed by atoms with Crippen LogP contribution in [0.2, 0.25) is 0 Å². The van der Waals surface area contributed by atoms with E-state index in [1.807, 2.05) is 13.8 Å². The normalized spacial score (nSPS) is 11.7. The molecule has 0 fully saturated rings. The van der Waals surface area contributed by atoms with Crippen molar-refractivity contribution >= 4 is 11.6 Å². The number of amides is 1. The summed E-state index contributed by atoms with van der Waals surface area (Å²) in [6.07, 6.45) is 2.38. The molecule has 0 spiro atoms. The van der Waals surface area contributed by atoms with E-state index in [0.29, 0.717) is 18.0 Å². The maximum absolute atomic E-state index is 11.7. The fraction of sp³-hybridized carbons (Fsp3) is 0.357. The van der Waals surface area contributed by atoms with Gasteiger partial charge in [0.25, 0.3) is 0 Å². The van der Waals surface area contributed by atoms with E-state index in [2.05, 4.69) is 11.9 Å². The lowest BCUT2D eigenvalue weighted by atomic mass is 10.1. The second-order valence-electron chi connectivity index (χ2n) is 4.08. The molecule has 1 unspecified atom stereocenters. The third-order valence-electron chi connectivity index (χ3n) is 2.65. The number of ether oxygens (including phenoxy) is 1. The predicted molar refractivity (Wildman–Crippen MR) is 71.9 cm³/mol. The second kappa shape index (κ2) is 6.69. The van der Waals surface area contributed by atoms with Gasteiger partial charge < -0.3 is 15.2 Å². The predicted octanol–water partition coefficient (Wildman–Crippen LogP) is 2.94. The van der Waals surface area contributed by atoms with Gasteiger partial charge in [-0.05, 0) is 18.6 Å². The third kappa shape index (κ3) is 3.80. The average molecular weight is 249 g/mol. The Balaban J connectivity index is 2.73. The number of hydrogen-bond donors (Lipinski definition) is 2. The monoisotopic (exact) mass is 249 g/mol. The number of nitrogens with one attached hydrogen (secondary N) is 1. The lowest BCUT2D eigenvalue weighted by Gasteiger charge is -2.12. The summed E-state index contributed by atoms with van der Waals surface area (Å²) in [6, 6.07) is 4.78. The number of carbonyl (C=O) groups excluding carboxylic acids is 1. The first-order valence-corrected chi connectivity index (χ1v) is 5.96. The van der Waals surface area contributed by atoms with Crippen LogP contribution in [-0.4, -0.2) is 17.6 Å². The number of carbonyl (C=O) groups is 1. The summed E-state index contributed by atoms with van der Waals surface area (Å²) in [5, 5.41) is 12.5. The van der Waals surface area contributed by atoms with Crippen LogP contribution in [0.15, 0.2) is 30.9 Å². The van der Waals surface area contributed by atoms with Crippen molar-refractivity contribution in [2.75, 3.05) is 11.9 Å². The number of hydrogen-bond acceptors (Lipinski definition) is 3. The molecule has 1 amide bonds. The molecule has 4 heteroatoms. The molecule has 1 aromatic rings. The van der Waals surface area contributed by atoms with Crippen LogP contribution in [0, 0.1) is 5.92 Å². The molecule has 18 heavy (non-hydrogen) atoms. The molecule has 1 aromatic carbocycles. The van der Waals surface area contributed by atoms with Gasteiger partial charge >= 0.3 is 0 Å². The molecule has 0 bridgehead atoms. The van der Waals surface area contributed by atoms with Crippen molar-refractivity contribution in [1.29, 1.82) is 0 Å². The molecule has 0 aromatic heterocycles. The molecule has 0 radical (unpaired) electrons. The number of phenols is 1. The minimum absolute atomic E-state index is 0.00628. The molecule has 4 nitrogen and oxygen atoms in total. The maximum Gasteiger partial charge on any atom is 0.227 e. The van der Waals surface area contributed by atoms with Gasteiger partial charge in [0, 0.05) is 12.0 Å². The Hall–Kier alpha value is -1.97. The summed E-state index contributed by atoms with van der Waals surface area (Å²) in [6.45, 7) is 7.69. The Bertz CT molecular complexity index is 429. The molecule has 2 N–H and O–H groups in total. The molecule has 0 saturated heterocycles. The highest BCUT2D eigenvalue weighted by molar-refractivity contribution is 5.93. The fourth-order valence-electron chi connectivity index (χ4n) is 1.30. The Labute approximate surface area is 107 Å². The molecular weight excluding hydrogens is 230 g/mol. The van der Waals surface area contributed by atoms with Crippen LogP contribution >= 0.6 is 0 Å². The van der Waals surface area contributed by atoms with Crippen LogP contribution in [0.4, 0.5) is 5.69 Å². The lowest BCUT2D eigenvalue weighted by Crippen LogP contribution is -2.19. The molecule has 0 aliphatic rings. The molecule has 1 rings (SSSR count). The lowest BCUT2D eigenvalue weighted by molar-refractivity contribution is -0.119. The van der Waals surface area contributed by atoms with Crippen LogP contribution in [0.25, 0.3) is 0 Å². The maximum atomic E-state index is 11.7. The van der Waals surface area contributed by atoms with Gasteiger partial charge in [0.15, 0.2) is 0 Å². The number of rotatable bonds is 6. The molecule has 0 heterocycles. The van der Waals surface area contributed by atoms with Crippen LogP contribution in [0.5, 0.6) is 11.5 Å². The highest BCUT2D eigenvalue weighted by Crippen LogP contribution is 2.28. The van der Waals surface area contributed by atoms with Crippen molar-refractivity contribution < 1.29 is 14.6 Å². The first-order valence-electron chi connectivity index (χ1n) is 5.96. The minimum Gasteiger partial charge on any atom is -0.506 e. The van der Waals surface area contributed by atoms with Gasteiger partial charge in [0.2, 0.25) is 5.91 Å². The van der Waals surface area contributed by atoms with Crippen molar-refractivity contribution in [3.63, 3.8) is 0 Å². The van der Waals surface area contributed by atoms with Gasteiger partial charge in [-0.15, -0.1) is 0 Å². The number of phenolic OH excluding ortho intramolecular Hbond substituents is 1. The van der Waals surface area contributed by atoms with Crippen LogP contribution < -0.4 is 10.1 Å². The van der Waals surface area contributed by atoms with Crippen molar-refractivity contribution in [3.8, 4) is 11.5 Å². The Morgan fingerprint density at radius 2 is 2.33 bits per heavy atom. The molecule has 0 aliphatic heterocycles. The van der Waals surface area contributed by atoms with E-state index < -0.39 is 0 Å². The van der Waals surface area contributed by atoms with E-state index in [-0.39, 0.29) is 17.6 Å². The van der Waals surface area contributed by atoms with Gasteiger partial charge in [-0.3, -0.25) is 4.79 Å². The van der Waals surface area contributed by atoms with Crippen LogP contribution in [0.3, 0.4) is 0 Å². The van der Waals surface area contributed by atoms with E-state index in [0.717, 1.165) is 6.42 Å². The topological polar surface area (TPSA) is 58.6 Å². The smallest absolute Gasteiger partial charge is 0.227 e. The Morgan fingerprint density at radius 1 is 1.61 bits per heavy atom. The Morgan fingerprint density at radius 3 is 2.89 bits per heavy atom. The van der Waals surface area contributed by atoms with Crippen molar-refractivity contribution in [1.82, 2.24) is 0 Å². The molecular formula is C14H19NO3. The second-order valence-corrected chi connectivity index (χ2v) is 4.08. The molecule has 0 aliphatic carbocycles. The number of benzene rings is 1. The molecule has 1 atom stereocenters. The highest BCUT2D eigenvalue weighted by Gasteiger charge is 2.12. The van der Waals surface area contributed by atoms with Crippen molar-refractivity contribution in [2.24, 2.45) is 5.92 Å². The van der Waals surface area contributed by atoms with E-state index >= 15 is 0 Å². The quantitative estimate of drug-likeness (QED) is 0.602. The van der Waals surface area contributed by atoms with Gasteiger partial charge in [0.05, 0.1) is 5.69 Å². The average Bonchev–Trinajstić information content (AvgIpc) is 2.38. The van der Waals surface area contributed by atoms with Crippen molar-refractivity contribution in [3.05, 3.63) is 30.9 Å². The van der Waals surface area contributed by atoms with Gasteiger partial charge in [-0.1, -0.05) is 26.5 Å². The summed E-state index contributed by atoms with van der Waals surface area (Å²) in [4.78, 5) is 11.7. The van der Waals surface area contributed by atoms with E-state index in [4.69, 9.17) is 4.74 Å². The summed E-state index contributed by atoms with van der Waals surface area (Å²) in [5.41, 5.74) is 0.395. The van der Waals surface area contributed by atoms with Gasteiger partial charge in [-0.2, -0.15) is 0 Å². The van der Waals surface area contributed by atoms with E-state index in [9.17, 15) is 9.90 Å².